The molecule has 1 fully saturated rings. The zero-order valence-corrected chi connectivity index (χ0v) is 13.3. The average Bonchev–Trinajstić information content (AvgIpc) is 2.43. The number of nitrogens with two attached hydrogens (primary N) is 1. The number of benzene rings is 1. The predicted octanol–water partition coefficient (Wildman–Crippen LogP) is 2.65. The molecule has 1 atom stereocenters. The number of rotatable bonds is 5. The van der Waals surface area contributed by atoms with Crippen molar-refractivity contribution in [2.24, 2.45) is 11.7 Å². The number of carbonyl (C=O) groups excluding carboxylic acids is 1. The number of likely N-dealkylation sites (tertiary alicyclic amines) is 1. The highest BCUT2D eigenvalue weighted by molar-refractivity contribution is 6.31. The van der Waals surface area contributed by atoms with Crippen molar-refractivity contribution < 1.29 is 4.79 Å². The summed E-state index contributed by atoms with van der Waals surface area (Å²) in [5.74, 6) is 0.647. The van der Waals surface area contributed by atoms with Crippen molar-refractivity contribution in [2.75, 3.05) is 31.5 Å². The van der Waals surface area contributed by atoms with Gasteiger partial charge in [-0.3, -0.25) is 9.69 Å². The van der Waals surface area contributed by atoms with Crippen LogP contribution in [0.15, 0.2) is 18.2 Å². The number of nitrogens with one attached hydrogen (secondary N) is 1. The molecule has 0 radical (unpaired) electrons. The number of carbonyl (C=O) groups is 1. The summed E-state index contributed by atoms with van der Waals surface area (Å²) in [5, 5.41) is 3.59. The number of hydrogen-bond donors (Lipinski definition) is 2. The Morgan fingerprint density at radius 3 is 3.05 bits per heavy atom. The molecule has 21 heavy (non-hydrogen) atoms. The molecule has 1 aromatic rings. The van der Waals surface area contributed by atoms with Gasteiger partial charge in [-0.1, -0.05) is 17.7 Å². The van der Waals surface area contributed by atoms with Gasteiger partial charge < -0.3 is 11.1 Å². The minimum Gasteiger partial charge on any atom is -0.330 e. The Hall–Kier alpha value is -1.10. The first-order valence-electron chi connectivity index (χ1n) is 7.57. The fraction of sp³-hybridized carbons (Fsp3) is 0.562. The number of piperidine rings is 1. The Bertz CT molecular complexity index is 490. The zero-order chi connectivity index (χ0) is 15.2. The van der Waals surface area contributed by atoms with Gasteiger partial charge in [0.2, 0.25) is 5.91 Å². The maximum Gasteiger partial charge on any atom is 0.238 e. The molecule has 5 heteroatoms. The van der Waals surface area contributed by atoms with Crippen molar-refractivity contribution >= 4 is 23.2 Å². The Balaban J connectivity index is 1.84. The maximum absolute atomic E-state index is 12.1. The van der Waals surface area contributed by atoms with E-state index in [0.29, 0.717) is 17.5 Å². The molecule has 1 heterocycles. The Morgan fingerprint density at radius 1 is 1.52 bits per heavy atom. The van der Waals surface area contributed by atoms with E-state index in [9.17, 15) is 4.79 Å². The highest BCUT2D eigenvalue weighted by Gasteiger charge is 2.21. The van der Waals surface area contributed by atoms with Gasteiger partial charge in [0.05, 0.1) is 6.54 Å². The Morgan fingerprint density at radius 2 is 2.33 bits per heavy atom. The van der Waals surface area contributed by atoms with Crippen LogP contribution in [0.5, 0.6) is 0 Å². The minimum atomic E-state index is 0.0170. The third-order valence-corrected chi connectivity index (χ3v) is 4.41. The fourth-order valence-corrected chi connectivity index (χ4v) is 3.02. The van der Waals surface area contributed by atoms with Gasteiger partial charge in [-0.25, -0.2) is 0 Å². The van der Waals surface area contributed by atoms with Crippen LogP contribution in [0.1, 0.15) is 24.8 Å². The van der Waals surface area contributed by atoms with E-state index in [2.05, 4.69) is 10.2 Å². The van der Waals surface area contributed by atoms with Gasteiger partial charge in [0.1, 0.15) is 0 Å². The molecular weight excluding hydrogens is 286 g/mol. The van der Waals surface area contributed by atoms with Crippen molar-refractivity contribution in [1.29, 1.82) is 0 Å². The highest BCUT2D eigenvalue weighted by Crippen LogP contribution is 2.21. The molecular formula is C16H24ClN3O. The standard InChI is InChI=1S/C16H24ClN3O/c1-12-4-5-14(9-15(12)17)19-16(21)11-20-8-2-3-13(10-20)6-7-18/h4-5,9,13H,2-3,6-8,10-11,18H2,1H3,(H,19,21). The third-order valence-electron chi connectivity index (χ3n) is 4.00. The maximum atomic E-state index is 12.1. The second-order valence-electron chi connectivity index (χ2n) is 5.83. The van der Waals surface area contributed by atoms with Crippen LogP contribution in [-0.2, 0) is 4.79 Å². The quantitative estimate of drug-likeness (QED) is 0.879. The number of nitrogens with zero attached hydrogens (tertiary/aromatic N) is 1. The van der Waals surface area contributed by atoms with Crippen LogP contribution < -0.4 is 11.1 Å². The van der Waals surface area contributed by atoms with Gasteiger partial charge in [-0.2, -0.15) is 0 Å². The van der Waals surface area contributed by atoms with E-state index in [-0.39, 0.29) is 5.91 Å². The van der Waals surface area contributed by atoms with Crippen LogP contribution in [0.25, 0.3) is 0 Å². The first kappa shape index (κ1) is 16.3. The summed E-state index contributed by atoms with van der Waals surface area (Å²) in [6.45, 7) is 5.07. The summed E-state index contributed by atoms with van der Waals surface area (Å²) in [6, 6.07) is 5.59. The first-order valence-corrected chi connectivity index (χ1v) is 7.94. The van der Waals surface area contributed by atoms with Crippen LogP contribution in [0.4, 0.5) is 5.69 Å². The van der Waals surface area contributed by atoms with Crippen molar-refractivity contribution in [2.45, 2.75) is 26.2 Å². The van der Waals surface area contributed by atoms with Crippen LogP contribution in [0.2, 0.25) is 5.02 Å². The SMILES string of the molecule is Cc1ccc(NC(=O)CN2CCCC(CCN)C2)cc1Cl. The van der Waals surface area contributed by atoms with Crippen LogP contribution in [0, 0.1) is 12.8 Å². The Kier molecular flexibility index (Phi) is 6.03. The average molecular weight is 310 g/mol. The summed E-state index contributed by atoms with van der Waals surface area (Å²) in [6.07, 6.45) is 3.42. The number of hydrogen-bond acceptors (Lipinski definition) is 3. The first-order chi connectivity index (χ1) is 10.1. The molecule has 0 saturated carbocycles. The van der Waals surface area contributed by atoms with E-state index in [1.807, 2.05) is 19.1 Å². The Labute approximate surface area is 131 Å². The largest absolute Gasteiger partial charge is 0.330 e. The van der Waals surface area contributed by atoms with Gasteiger partial charge in [0.15, 0.2) is 0 Å². The number of amides is 1. The van der Waals surface area contributed by atoms with Crippen molar-refractivity contribution in [1.82, 2.24) is 4.90 Å². The topological polar surface area (TPSA) is 58.4 Å². The molecule has 0 aromatic heterocycles. The smallest absolute Gasteiger partial charge is 0.238 e. The van der Waals surface area contributed by atoms with Crippen molar-refractivity contribution in [3.8, 4) is 0 Å². The molecule has 116 valence electrons. The molecule has 1 amide bonds. The van der Waals surface area contributed by atoms with Crippen molar-refractivity contribution in [3.05, 3.63) is 28.8 Å². The lowest BCUT2D eigenvalue weighted by Gasteiger charge is -2.32. The highest BCUT2D eigenvalue weighted by atomic mass is 35.5. The predicted molar refractivity (Wildman–Crippen MR) is 87.7 cm³/mol. The van der Waals surface area contributed by atoms with Gasteiger partial charge in [0, 0.05) is 17.3 Å². The second-order valence-corrected chi connectivity index (χ2v) is 6.24. The van der Waals surface area contributed by atoms with Crippen LogP contribution >= 0.6 is 11.6 Å². The molecule has 1 unspecified atom stereocenters. The molecule has 1 saturated heterocycles. The monoisotopic (exact) mass is 309 g/mol. The summed E-state index contributed by atoms with van der Waals surface area (Å²) in [7, 11) is 0. The summed E-state index contributed by atoms with van der Waals surface area (Å²) in [5.41, 5.74) is 7.39. The third kappa shape index (κ3) is 4.99. The van der Waals surface area contributed by atoms with E-state index in [0.717, 1.165) is 43.7 Å². The minimum absolute atomic E-state index is 0.0170. The zero-order valence-electron chi connectivity index (χ0n) is 12.6. The van der Waals surface area contributed by atoms with E-state index >= 15 is 0 Å². The summed E-state index contributed by atoms with van der Waals surface area (Å²) >= 11 is 6.07. The molecule has 1 aromatic carbocycles. The molecule has 3 N–H and O–H groups in total. The lowest BCUT2D eigenvalue weighted by molar-refractivity contribution is -0.117. The lowest BCUT2D eigenvalue weighted by atomic mass is 9.95. The fourth-order valence-electron chi connectivity index (χ4n) is 2.84. The van der Waals surface area contributed by atoms with E-state index < -0.39 is 0 Å². The molecule has 1 aliphatic rings. The summed E-state index contributed by atoms with van der Waals surface area (Å²) < 4.78 is 0. The lowest BCUT2D eigenvalue weighted by Crippen LogP contribution is -2.40. The molecule has 2 rings (SSSR count). The summed E-state index contributed by atoms with van der Waals surface area (Å²) in [4.78, 5) is 14.3. The number of anilines is 1. The van der Waals surface area contributed by atoms with Crippen LogP contribution in [0.3, 0.4) is 0 Å². The molecule has 0 bridgehead atoms. The van der Waals surface area contributed by atoms with Gasteiger partial charge in [-0.15, -0.1) is 0 Å². The molecule has 0 aliphatic carbocycles. The van der Waals surface area contributed by atoms with Crippen LogP contribution in [-0.4, -0.2) is 37.0 Å². The molecule has 1 aliphatic heterocycles. The van der Waals surface area contributed by atoms with Crippen molar-refractivity contribution in [3.63, 3.8) is 0 Å². The normalized spacial score (nSPS) is 19.5. The second kappa shape index (κ2) is 7.78. The number of aryl methyl sites for hydroxylation is 1. The van der Waals surface area contributed by atoms with Gasteiger partial charge in [-0.05, 0) is 62.9 Å². The van der Waals surface area contributed by atoms with E-state index in [4.69, 9.17) is 17.3 Å². The van der Waals surface area contributed by atoms with E-state index in [1.54, 1.807) is 6.07 Å². The van der Waals surface area contributed by atoms with Gasteiger partial charge in [0.25, 0.3) is 0 Å². The molecule has 0 spiro atoms. The van der Waals surface area contributed by atoms with Gasteiger partial charge >= 0.3 is 0 Å². The van der Waals surface area contributed by atoms with E-state index in [1.165, 1.54) is 6.42 Å². The molecule has 4 nitrogen and oxygen atoms in total. The number of halogens is 1.